The van der Waals surface area contributed by atoms with E-state index >= 15 is 0 Å². The zero-order valence-corrected chi connectivity index (χ0v) is 16.9. The Morgan fingerprint density at radius 3 is 1.38 bits per heavy atom. The van der Waals surface area contributed by atoms with E-state index in [0.717, 1.165) is 48.9 Å². The second-order valence-electron chi connectivity index (χ2n) is 8.60. The zero-order valence-electron chi connectivity index (χ0n) is 16.9. The fourth-order valence-corrected chi connectivity index (χ4v) is 4.93. The maximum atomic E-state index is 8.93. The van der Waals surface area contributed by atoms with Crippen LogP contribution in [0.4, 0.5) is 0 Å². The summed E-state index contributed by atoms with van der Waals surface area (Å²) in [4.78, 5) is 5.30. The largest absolute Gasteiger partial charge is 0.302 e. The summed E-state index contributed by atoms with van der Waals surface area (Å²) >= 11 is 0. The molecule has 2 bridgehead atoms. The molecule has 4 rings (SSSR count). The van der Waals surface area contributed by atoms with E-state index in [0.29, 0.717) is 0 Å². The Bertz CT molecular complexity index is 801. The molecule has 0 atom stereocenters. The summed E-state index contributed by atoms with van der Waals surface area (Å²) in [5.41, 5.74) is 4.12. The molecule has 0 saturated carbocycles. The molecule has 0 aliphatic carbocycles. The number of rotatable bonds is 6. The van der Waals surface area contributed by atoms with Gasteiger partial charge >= 0.3 is 0 Å². The number of nitrogens with zero attached hydrogens (tertiary/aromatic N) is 4. The van der Waals surface area contributed by atoms with Gasteiger partial charge in [-0.2, -0.15) is 10.5 Å². The van der Waals surface area contributed by atoms with E-state index in [4.69, 9.17) is 10.5 Å². The van der Waals surface area contributed by atoms with Gasteiger partial charge in [0.15, 0.2) is 0 Å². The number of piperidine rings is 2. The van der Waals surface area contributed by atoms with Gasteiger partial charge in [0.2, 0.25) is 0 Å². The Balaban J connectivity index is 1.24. The van der Waals surface area contributed by atoms with E-state index in [2.05, 4.69) is 46.2 Å². The molecular formula is C25H28N4. The highest BCUT2D eigenvalue weighted by Crippen LogP contribution is 2.28. The van der Waals surface area contributed by atoms with Gasteiger partial charge in [-0.15, -0.1) is 0 Å². The van der Waals surface area contributed by atoms with Crippen molar-refractivity contribution in [2.45, 2.75) is 19.3 Å². The number of nitriles is 2. The fourth-order valence-electron chi connectivity index (χ4n) is 4.93. The number of hydrogen-bond donors (Lipinski definition) is 0. The molecule has 2 fully saturated rings. The normalized spacial score (nSPS) is 22.0. The van der Waals surface area contributed by atoms with Crippen LogP contribution in [0.15, 0.2) is 48.5 Å². The Hall–Kier alpha value is -2.66. The minimum absolute atomic E-state index is 0.738. The molecule has 0 amide bonds. The lowest BCUT2D eigenvalue weighted by Crippen LogP contribution is -2.53. The molecule has 4 nitrogen and oxygen atoms in total. The summed E-state index contributed by atoms with van der Waals surface area (Å²) in [5.74, 6) is 1.56. The summed E-state index contributed by atoms with van der Waals surface area (Å²) < 4.78 is 0. The van der Waals surface area contributed by atoms with Crippen LogP contribution in [0.3, 0.4) is 0 Å². The third-order valence-electron chi connectivity index (χ3n) is 6.33. The summed E-state index contributed by atoms with van der Waals surface area (Å²) in [6.45, 7) is 7.06. The third kappa shape index (κ3) is 5.24. The second-order valence-corrected chi connectivity index (χ2v) is 8.60. The van der Waals surface area contributed by atoms with Crippen LogP contribution >= 0.6 is 0 Å². The van der Waals surface area contributed by atoms with Crippen molar-refractivity contribution in [3.8, 4) is 12.1 Å². The lowest BCUT2D eigenvalue weighted by atomic mass is 9.84. The van der Waals surface area contributed by atoms with Gasteiger partial charge in [-0.3, -0.25) is 0 Å². The van der Waals surface area contributed by atoms with Crippen LogP contribution in [0.2, 0.25) is 0 Å². The minimum atomic E-state index is 0.738. The van der Waals surface area contributed by atoms with E-state index < -0.39 is 0 Å². The zero-order chi connectivity index (χ0) is 20.1. The minimum Gasteiger partial charge on any atom is -0.302 e. The number of likely N-dealkylation sites (tertiary alicyclic amines) is 2. The lowest BCUT2D eigenvalue weighted by molar-refractivity contribution is 0.0324. The predicted octanol–water partition coefficient (Wildman–Crippen LogP) is 3.47. The molecule has 4 heteroatoms. The predicted molar refractivity (Wildman–Crippen MR) is 114 cm³/mol. The average Bonchev–Trinajstić information content (AvgIpc) is 2.76. The van der Waals surface area contributed by atoms with Gasteiger partial charge in [0.1, 0.15) is 0 Å². The smallest absolute Gasteiger partial charge is 0.0991 e. The van der Waals surface area contributed by atoms with Crippen LogP contribution < -0.4 is 0 Å². The van der Waals surface area contributed by atoms with E-state index in [9.17, 15) is 0 Å². The topological polar surface area (TPSA) is 54.1 Å². The quantitative estimate of drug-likeness (QED) is 0.765. The molecule has 0 N–H and O–H groups in total. The Morgan fingerprint density at radius 1 is 0.655 bits per heavy atom. The van der Waals surface area contributed by atoms with Crippen LogP contribution in [-0.4, -0.2) is 49.1 Å². The molecule has 0 aromatic heterocycles. The van der Waals surface area contributed by atoms with Crippen LogP contribution in [-0.2, 0) is 12.8 Å². The van der Waals surface area contributed by atoms with Crippen molar-refractivity contribution in [3.63, 3.8) is 0 Å². The Morgan fingerprint density at radius 2 is 1.03 bits per heavy atom. The van der Waals surface area contributed by atoms with E-state index in [1.54, 1.807) is 0 Å². The van der Waals surface area contributed by atoms with Crippen molar-refractivity contribution in [1.29, 1.82) is 10.5 Å². The van der Waals surface area contributed by atoms with Gasteiger partial charge in [0.05, 0.1) is 23.3 Å². The first kappa shape index (κ1) is 19.6. The molecule has 2 heterocycles. The van der Waals surface area contributed by atoms with Gasteiger partial charge in [0.25, 0.3) is 0 Å². The van der Waals surface area contributed by atoms with Crippen LogP contribution in [0.5, 0.6) is 0 Å². The van der Waals surface area contributed by atoms with Crippen LogP contribution in [0.1, 0.15) is 28.7 Å². The molecule has 2 aromatic rings. The second kappa shape index (κ2) is 9.23. The summed E-state index contributed by atoms with van der Waals surface area (Å²) in [6, 6.07) is 20.4. The monoisotopic (exact) mass is 384 g/mol. The van der Waals surface area contributed by atoms with Crippen molar-refractivity contribution >= 4 is 0 Å². The van der Waals surface area contributed by atoms with Crippen molar-refractivity contribution < 1.29 is 0 Å². The van der Waals surface area contributed by atoms with Gasteiger partial charge in [-0.05, 0) is 66.5 Å². The van der Waals surface area contributed by atoms with Gasteiger partial charge in [-0.25, -0.2) is 0 Å². The molecule has 148 valence electrons. The van der Waals surface area contributed by atoms with E-state index in [1.807, 2.05) is 24.3 Å². The first-order valence-electron chi connectivity index (χ1n) is 10.6. The molecule has 29 heavy (non-hydrogen) atoms. The van der Waals surface area contributed by atoms with Gasteiger partial charge in [-0.1, -0.05) is 24.3 Å². The summed E-state index contributed by atoms with van der Waals surface area (Å²) in [6.07, 6.45) is 3.50. The number of benzene rings is 2. The maximum Gasteiger partial charge on any atom is 0.0991 e. The summed E-state index contributed by atoms with van der Waals surface area (Å²) in [7, 11) is 0. The molecule has 2 saturated heterocycles. The summed E-state index contributed by atoms with van der Waals surface area (Å²) in [5, 5.41) is 17.9. The van der Waals surface area contributed by atoms with Crippen molar-refractivity contribution in [2.75, 3.05) is 39.3 Å². The third-order valence-corrected chi connectivity index (χ3v) is 6.33. The standard InChI is InChI=1S/C25H28N4/c26-14-22-5-1-20(2-6-22)9-11-28-16-24-13-25(17-28)19-29(18-24)12-10-21-3-7-23(15-27)8-4-21/h1-8,24-25H,9-13,16-19H2. The van der Waals surface area contributed by atoms with Gasteiger partial charge in [0, 0.05) is 39.3 Å². The molecule has 0 radical (unpaired) electrons. The van der Waals surface area contributed by atoms with E-state index in [-0.39, 0.29) is 0 Å². The van der Waals surface area contributed by atoms with Gasteiger partial charge < -0.3 is 9.80 Å². The van der Waals surface area contributed by atoms with E-state index in [1.165, 1.54) is 43.7 Å². The number of hydrogen-bond acceptors (Lipinski definition) is 4. The molecule has 2 aromatic carbocycles. The van der Waals surface area contributed by atoms with Crippen LogP contribution in [0, 0.1) is 34.5 Å². The highest BCUT2D eigenvalue weighted by atomic mass is 15.2. The highest BCUT2D eigenvalue weighted by Gasteiger charge is 2.33. The van der Waals surface area contributed by atoms with Crippen molar-refractivity contribution in [2.24, 2.45) is 11.8 Å². The maximum absolute atomic E-state index is 8.93. The van der Waals surface area contributed by atoms with Crippen molar-refractivity contribution in [1.82, 2.24) is 9.80 Å². The Kier molecular flexibility index (Phi) is 6.25. The average molecular weight is 385 g/mol. The number of fused-ring (bicyclic) bond motifs is 2. The van der Waals surface area contributed by atoms with Crippen LogP contribution in [0.25, 0.3) is 0 Å². The van der Waals surface area contributed by atoms with Crippen molar-refractivity contribution in [3.05, 3.63) is 70.8 Å². The molecule has 2 aliphatic rings. The SMILES string of the molecule is N#Cc1ccc(CCN2CC3CC(C2)CN(CCc2ccc(C#N)cc2)C3)cc1. The molecule has 2 aliphatic heterocycles. The molecule has 0 unspecified atom stereocenters. The fraction of sp³-hybridized carbons (Fsp3) is 0.440. The highest BCUT2D eigenvalue weighted by molar-refractivity contribution is 5.32. The first-order valence-corrected chi connectivity index (χ1v) is 10.6. The lowest BCUT2D eigenvalue weighted by Gasteiger charge is -2.46. The molecular weight excluding hydrogens is 356 g/mol. The molecule has 0 spiro atoms. The Labute approximate surface area is 174 Å². The first-order chi connectivity index (χ1) is 14.2.